The zero-order valence-corrected chi connectivity index (χ0v) is 17.2. The average Bonchev–Trinajstić information content (AvgIpc) is 2.68. The standard InChI is InChI=1S/C24H21F3O4/c1-23(2,3)17-5-8-19(9-6-17)30-22-14-21(7-4-16(22)15-28)29-18-10-12-20(13-11-18)31-24(25,26)27/h4-15H,1-3H3. The van der Waals surface area contributed by atoms with Crippen molar-refractivity contribution in [3.8, 4) is 28.7 Å². The molecule has 0 unspecified atom stereocenters. The highest BCUT2D eigenvalue weighted by Crippen LogP contribution is 2.33. The van der Waals surface area contributed by atoms with Gasteiger partial charge in [0.15, 0.2) is 6.29 Å². The van der Waals surface area contributed by atoms with Crippen LogP contribution >= 0.6 is 0 Å². The summed E-state index contributed by atoms with van der Waals surface area (Å²) in [5, 5.41) is 0. The lowest BCUT2D eigenvalue weighted by Crippen LogP contribution is -2.16. The first kappa shape index (κ1) is 22.2. The first-order chi connectivity index (χ1) is 14.5. The number of ether oxygens (including phenoxy) is 3. The second kappa shape index (κ2) is 8.71. The molecule has 0 N–H and O–H groups in total. The number of halogens is 3. The van der Waals surface area contributed by atoms with E-state index >= 15 is 0 Å². The summed E-state index contributed by atoms with van der Waals surface area (Å²) in [6.45, 7) is 6.32. The number of carbonyl (C=O) groups is 1. The zero-order chi connectivity index (χ0) is 22.6. The number of hydrogen-bond acceptors (Lipinski definition) is 4. The number of alkyl halides is 3. The van der Waals surface area contributed by atoms with Crippen LogP contribution in [0.3, 0.4) is 0 Å². The molecule has 0 fully saturated rings. The summed E-state index contributed by atoms with van der Waals surface area (Å²) in [6.07, 6.45) is -4.09. The summed E-state index contributed by atoms with van der Waals surface area (Å²) >= 11 is 0. The summed E-state index contributed by atoms with van der Waals surface area (Å²) in [5.41, 5.74) is 1.48. The van der Waals surface area contributed by atoms with Crippen molar-refractivity contribution in [1.82, 2.24) is 0 Å². The molecular formula is C24H21F3O4. The van der Waals surface area contributed by atoms with Crippen LogP contribution in [0.1, 0.15) is 36.7 Å². The van der Waals surface area contributed by atoms with E-state index in [1.807, 2.05) is 24.3 Å². The Morgan fingerprint density at radius 3 is 1.77 bits per heavy atom. The SMILES string of the molecule is CC(C)(C)c1ccc(Oc2cc(Oc3ccc(OC(F)(F)F)cc3)ccc2C=O)cc1. The fourth-order valence-electron chi connectivity index (χ4n) is 2.76. The van der Waals surface area contributed by atoms with E-state index < -0.39 is 6.36 Å². The van der Waals surface area contributed by atoms with Crippen LogP contribution in [0.2, 0.25) is 0 Å². The van der Waals surface area contributed by atoms with Crippen molar-refractivity contribution in [1.29, 1.82) is 0 Å². The van der Waals surface area contributed by atoms with Crippen molar-refractivity contribution >= 4 is 6.29 Å². The maximum atomic E-state index is 12.3. The van der Waals surface area contributed by atoms with Crippen LogP contribution in [0.5, 0.6) is 28.7 Å². The largest absolute Gasteiger partial charge is 0.573 e. The molecule has 3 rings (SSSR count). The minimum atomic E-state index is -4.76. The van der Waals surface area contributed by atoms with Crippen molar-refractivity contribution in [3.05, 3.63) is 77.9 Å². The van der Waals surface area contributed by atoms with Gasteiger partial charge in [0.25, 0.3) is 0 Å². The Morgan fingerprint density at radius 1 is 0.710 bits per heavy atom. The molecule has 0 radical (unpaired) electrons. The van der Waals surface area contributed by atoms with Crippen molar-refractivity contribution < 1.29 is 32.2 Å². The van der Waals surface area contributed by atoms with Gasteiger partial charge in [-0.05, 0) is 59.5 Å². The highest BCUT2D eigenvalue weighted by molar-refractivity contribution is 5.80. The van der Waals surface area contributed by atoms with Crippen LogP contribution in [0.4, 0.5) is 13.2 Å². The van der Waals surface area contributed by atoms with E-state index in [1.165, 1.54) is 12.1 Å². The number of rotatable bonds is 6. The van der Waals surface area contributed by atoms with E-state index in [9.17, 15) is 18.0 Å². The molecule has 0 saturated carbocycles. The van der Waals surface area contributed by atoms with Crippen LogP contribution in [0.15, 0.2) is 66.7 Å². The first-order valence-corrected chi connectivity index (χ1v) is 9.45. The van der Waals surface area contributed by atoms with Crippen LogP contribution < -0.4 is 14.2 Å². The number of carbonyl (C=O) groups excluding carboxylic acids is 1. The van der Waals surface area contributed by atoms with E-state index in [1.54, 1.807) is 18.2 Å². The second-order valence-corrected chi connectivity index (χ2v) is 7.82. The maximum absolute atomic E-state index is 12.3. The van der Waals surface area contributed by atoms with Crippen molar-refractivity contribution in [2.24, 2.45) is 0 Å². The lowest BCUT2D eigenvalue weighted by Gasteiger charge is -2.19. The van der Waals surface area contributed by atoms with Gasteiger partial charge >= 0.3 is 6.36 Å². The highest BCUT2D eigenvalue weighted by Gasteiger charge is 2.31. The van der Waals surface area contributed by atoms with E-state index in [4.69, 9.17) is 9.47 Å². The van der Waals surface area contributed by atoms with E-state index in [-0.39, 0.29) is 11.2 Å². The minimum Gasteiger partial charge on any atom is -0.457 e. The van der Waals surface area contributed by atoms with Gasteiger partial charge in [0.1, 0.15) is 28.7 Å². The van der Waals surface area contributed by atoms with Crippen molar-refractivity contribution in [3.63, 3.8) is 0 Å². The number of benzene rings is 3. The van der Waals surface area contributed by atoms with Crippen LogP contribution in [-0.2, 0) is 5.41 Å². The van der Waals surface area contributed by atoms with Gasteiger partial charge < -0.3 is 14.2 Å². The molecule has 31 heavy (non-hydrogen) atoms. The molecule has 0 heterocycles. The Kier molecular flexibility index (Phi) is 6.24. The van der Waals surface area contributed by atoms with Gasteiger partial charge in [-0.25, -0.2) is 0 Å². The predicted octanol–water partition coefficient (Wildman–Crippen LogP) is 7.28. The molecule has 7 heteroatoms. The van der Waals surface area contributed by atoms with Crippen molar-refractivity contribution in [2.45, 2.75) is 32.5 Å². The number of hydrogen-bond donors (Lipinski definition) is 0. The molecule has 0 saturated heterocycles. The molecule has 0 amide bonds. The third-order valence-corrected chi connectivity index (χ3v) is 4.35. The van der Waals surface area contributed by atoms with Gasteiger partial charge in [0.2, 0.25) is 0 Å². The molecule has 0 aliphatic rings. The first-order valence-electron chi connectivity index (χ1n) is 9.45. The Morgan fingerprint density at radius 2 is 1.23 bits per heavy atom. The smallest absolute Gasteiger partial charge is 0.457 e. The summed E-state index contributed by atoms with van der Waals surface area (Å²) in [6, 6.07) is 17.2. The summed E-state index contributed by atoms with van der Waals surface area (Å²) < 4.78 is 52.2. The molecule has 0 spiro atoms. The quantitative estimate of drug-likeness (QED) is 0.386. The summed E-state index contributed by atoms with van der Waals surface area (Å²) in [5.74, 6) is 1.17. The van der Waals surface area contributed by atoms with Crippen LogP contribution in [0.25, 0.3) is 0 Å². The number of aldehydes is 1. The van der Waals surface area contributed by atoms with Crippen LogP contribution in [-0.4, -0.2) is 12.6 Å². The molecule has 0 bridgehead atoms. The summed E-state index contributed by atoms with van der Waals surface area (Å²) in [4.78, 5) is 11.4. The molecule has 162 valence electrons. The van der Waals surface area contributed by atoms with E-state index in [2.05, 4.69) is 25.5 Å². The Labute approximate surface area is 178 Å². The third-order valence-electron chi connectivity index (χ3n) is 4.35. The molecule has 0 aliphatic heterocycles. The monoisotopic (exact) mass is 430 g/mol. The van der Waals surface area contributed by atoms with Gasteiger partial charge in [-0.1, -0.05) is 32.9 Å². The Balaban J connectivity index is 1.77. The minimum absolute atomic E-state index is 0.000924. The lowest BCUT2D eigenvalue weighted by atomic mass is 9.87. The van der Waals surface area contributed by atoms with Gasteiger partial charge in [-0.15, -0.1) is 13.2 Å². The fraction of sp³-hybridized carbons (Fsp3) is 0.208. The normalized spacial score (nSPS) is 11.7. The van der Waals surface area contributed by atoms with Crippen molar-refractivity contribution in [2.75, 3.05) is 0 Å². The summed E-state index contributed by atoms with van der Waals surface area (Å²) in [7, 11) is 0. The topological polar surface area (TPSA) is 44.8 Å². The van der Waals surface area contributed by atoms with Gasteiger partial charge in [-0.3, -0.25) is 4.79 Å². The molecule has 0 aliphatic carbocycles. The third kappa shape index (κ3) is 6.25. The van der Waals surface area contributed by atoms with Gasteiger partial charge in [0.05, 0.1) is 5.56 Å². The predicted molar refractivity (Wildman–Crippen MR) is 110 cm³/mol. The zero-order valence-electron chi connectivity index (χ0n) is 17.2. The molecule has 3 aromatic carbocycles. The highest BCUT2D eigenvalue weighted by atomic mass is 19.4. The van der Waals surface area contributed by atoms with E-state index in [0.29, 0.717) is 34.8 Å². The molecule has 0 atom stereocenters. The van der Waals surface area contributed by atoms with Crippen LogP contribution in [0, 0.1) is 0 Å². The maximum Gasteiger partial charge on any atom is 0.573 e. The van der Waals surface area contributed by atoms with E-state index in [0.717, 1.165) is 17.7 Å². The molecule has 3 aromatic rings. The molecular weight excluding hydrogens is 409 g/mol. The van der Waals surface area contributed by atoms with Gasteiger partial charge in [0, 0.05) is 6.07 Å². The van der Waals surface area contributed by atoms with Gasteiger partial charge in [-0.2, -0.15) is 0 Å². The Bertz CT molecular complexity index is 1030. The second-order valence-electron chi connectivity index (χ2n) is 7.82. The average molecular weight is 430 g/mol. The fourth-order valence-corrected chi connectivity index (χ4v) is 2.76. The molecule has 0 aromatic heterocycles. The molecule has 4 nitrogen and oxygen atoms in total. The Hall–Kier alpha value is -3.48. The lowest BCUT2D eigenvalue weighted by molar-refractivity contribution is -0.274.